The number of nitrogens with zero attached hydrogens (tertiary/aromatic N) is 2. The quantitative estimate of drug-likeness (QED) is 0.448. The van der Waals surface area contributed by atoms with E-state index in [1.807, 2.05) is 46.8 Å². The molecule has 2 rings (SSSR count). The van der Waals surface area contributed by atoms with Gasteiger partial charge in [0.25, 0.3) is 0 Å². The van der Waals surface area contributed by atoms with Gasteiger partial charge in [0.05, 0.1) is 17.8 Å². The lowest BCUT2D eigenvalue weighted by Gasteiger charge is -2.47. The molecule has 2 aliphatic rings. The number of cyclic esters (lactones) is 1. The number of Topliss-reactive ketones (excluding diaryl/α,β-unsaturated/α-hetero) is 1. The van der Waals surface area contributed by atoms with Gasteiger partial charge in [-0.1, -0.05) is 13.8 Å². The molecule has 0 aromatic carbocycles. The van der Waals surface area contributed by atoms with Gasteiger partial charge in [0, 0.05) is 31.7 Å². The third kappa shape index (κ3) is 6.85. The Morgan fingerprint density at radius 3 is 2.28 bits per heavy atom. The highest BCUT2D eigenvalue weighted by Gasteiger charge is 2.51. The standard InChI is InChI=1S/C27H50N2O7/c1-16-13-27(7,33-11)23(36-24-21(30)20(28(8)9)12-18(3)35-24)19(4)22(31)26(5,6)25(32)34-15-17(2)29(10)14-16/h16-21,23-24,30H,12-15H2,1-11H3/t16?,17?,18-,19?,20+,21-,23?,24+,27?/m1/s1. The molecule has 0 bridgehead atoms. The Hall–Kier alpha value is -1.10. The predicted molar refractivity (Wildman–Crippen MR) is 138 cm³/mol. The fraction of sp³-hybridized carbons (Fsp3) is 0.926. The maximum absolute atomic E-state index is 13.8. The first kappa shape index (κ1) is 31.1. The summed E-state index contributed by atoms with van der Waals surface area (Å²) < 4.78 is 24.3. The molecule has 210 valence electrons. The highest BCUT2D eigenvalue weighted by atomic mass is 16.7. The Morgan fingerprint density at radius 2 is 1.72 bits per heavy atom. The van der Waals surface area contributed by atoms with Crippen LogP contribution in [0.15, 0.2) is 0 Å². The number of carbonyl (C=O) groups is 2. The summed E-state index contributed by atoms with van der Waals surface area (Å²) in [6, 6.07) is -0.162. The van der Waals surface area contributed by atoms with Crippen molar-refractivity contribution in [3.8, 4) is 0 Å². The second kappa shape index (κ2) is 12.2. The molecule has 0 spiro atoms. The first-order valence-corrected chi connectivity index (χ1v) is 13.2. The lowest BCUT2D eigenvalue weighted by Crippen LogP contribution is -2.59. The monoisotopic (exact) mass is 514 g/mol. The minimum absolute atomic E-state index is 0.00318. The van der Waals surface area contributed by atoms with E-state index < -0.39 is 41.4 Å². The summed E-state index contributed by atoms with van der Waals surface area (Å²) in [5.74, 6) is -1.39. The Kier molecular flexibility index (Phi) is 10.5. The van der Waals surface area contributed by atoms with E-state index in [1.54, 1.807) is 27.9 Å². The molecule has 0 aliphatic carbocycles. The van der Waals surface area contributed by atoms with Crippen LogP contribution in [-0.2, 0) is 28.5 Å². The summed E-state index contributed by atoms with van der Waals surface area (Å²) in [6.07, 6.45) is -1.50. The number of ketones is 1. The van der Waals surface area contributed by atoms with Crippen molar-refractivity contribution < 1.29 is 33.6 Å². The molecule has 2 fully saturated rings. The maximum Gasteiger partial charge on any atom is 0.319 e. The molecule has 0 amide bonds. The van der Waals surface area contributed by atoms with Gasteiger partial charge in [-0.15, -0.1) is 0 Å². The largest absolute Gasteiger partial charge is 0.463 e. The minimum Gasteiger partial charge on any atom is -0.463 e. The molecule has 0 saturated carbocycles. The van der Waals surface area contributed by atoms with Crippen molar-refractivity contribution >= 4 is 11.8 Å². The molecule has 1 N–H and O–H groups in total. The average Bonchev–Trinajstić information content (AvgIpc) is 2.80. The zero-order chi connectivity index (χ0) is 27.6. The van der Waals surface area contributed by atoms with Crippen molar-refractivity contribution in [3.05, 3.63) is 0 Å². The summed E-state index contributed by atoms with van der Waals surface area (Å²) in [4.78, 5) is 31.0. The molecule has 0 aromatic heterocycles. The Morgan fingerprint density at radius 1 is 1.11 bits per heavy atom. The third-order valence-corrected chi connectivity index (χ3v) is 8.18. The summed E-state index contributed by atoms with van der Waals surface area (Å²) in [7, 11) is 7.45. The predicted octanol–water partition coefficient (Wildman–Crippen LogP) is 2.34. The van der Waals surface area contributed by atoms with Gasteiger partial charge in [0.1, 0.15) is 18.1 Å². The van der Waals surface area contributed by atoms with Crippen LogP contribution in [0.5, 0.6) is 0 Å². The molecule has 2 saturated heterocycles. The van der Waals surface area contributed by atoms with Gasteiger partial charge in [0.2, 0.25) is 0 Å². The van der Waals surface area contributed by atoms with Crippen molar-refractivity contribution in [2.45, 2.75) is 104 Å². The minimum atomic E-state index is -1.38. The lowest BCUT2D eigenvalue weighted by atomic mass is 9.74. The fourth-order valence-corrected chi connectivity index (χ4v) is 5.64. The van der Waals surface area contributed by atoms with Crippen molar-refractivity contribution in [2.24, 2.45) is 17.3 Å². The van der Waals surface area contributed by atoms with Gasteiger partial charge in [-0.3, -0.25) is 9.59 Å². The van der Waals surface area contributed by atoms with Crippen LogP contribution in [0.3, 0.4) is 0 Å². The number of hydrogen-bond donors (Lipinski definition) is 1. The molecule has 0 radical (unpaired) electrons. The molecular weight excluding hydrogens is 464 g/mol. The van der Waals surface area contributed by atoms with Crippen molar-refractivity contribution in [2.75, 3.05) is 41.4 Å². The van der Waals surface area contributed by atoms with Crippen LogP contribution in [0, 0.1) is 17.3 Å². The van der Waals surface area contributed by atoms with E-state index in [2.05, 4.69) is 11.8 Å². The van der Waals surface area contributed by atoms with E-state index in [-0.39, 0.29) is 36.5 Å². The van der Waals surface area contributed by atoms with Gasteiger partial charge in [-0.25, -0.2) is 0 Å². The molecule has 9 nitrogen and oxygen atoms in total. The topological polar surface area (TPSA) is 97.8 Å². The number of rotatable bonds is 4. The summed E-state index contributed by atoms with van der Waals surface area (Å²) in [5, 5.41) is 11.2. The van der Waals surface area contributed by atoms with Crippen LogP contribution in [0.1, 0.15) is 61.3 Å². The van der Waals surface area contributed by atoms with Crippen LogP contribution in [-0.4, -0.2) is 110 Å². The molecule has 0 aromatic rings. The normalized spacial score (nSPS) is 41.8. The van der Waals surface area contributed by atoms with Crippen LogP contribution >= 0.6 is 0 Å². The van der Waals surface area contributed by atoms with Crippen molar-refractivity contribution in [1.82, 2.24) is 9.80 Å². The van der Waals surface area contributed by atoms with E-state index in [1.165, 1.54) is 0 Å². The lowest BCUT2D eigenvalue weighted by molar-refractivity contribution is -0.295. The Balaban J connectivity index is 2.52. The van der Waals surface area contributed by atoms with Gasteiger partial charge >= 0.3 is 5.97 Å². The van der Waals surface area contributed by atoms with Gasteiger partial charge in [0.15, 0.2) is 12.1 Å². The highest BCUT2D eigenvalue weighted by molar-refractivity contribution is 6.04. The number of hydrogen-bond acceptors (Lipinski definition) is 9. The fourth-order valence-electron chi connectivity index (χ4n) is 5.64. The summed E-state index contributed by atoms with van der Waals surface area (Å²) in [6.45, 7) is 13.9. The zero-order valence-electron chi connectivity index (χ0n) is 24.2. The number of methoxy groups -OCH3 is 1. The van der Waals surface area contributed by atoms with Crippen LogP contribution in [0.2, 0.25) is 0 Å². The summed E-state index contributed by atoms with van der Waals surface area (Å²) in [5.41, 5.74) is -2.26. The third-order valence-electron chi connectivity index (χ3n) is 8.18. The number of aliphatic hydroxyl groups is 1. The maximum atomic E-state index is 13.8. The van der Waals surface area contributed by atoms with E-state index in [9.17, 15) is 14.7 Å². The number of aliphatic hydroxyl groups excluding tert-OH is 1. The first-order chi connectivity index (χ1) is 16.5. The second-order valence-corrected chi connectivity index (χ2v) is 12.1. The molecule has 2 heterocycles. The molecule has 9 heteroatoms. The molecule has 9 atom stereocenters. The molecular formula is C27H50N2O7. The Labute approximate surface area is 217 Å². The highest BCUT2D eigenvalue weighted by Crippen LogP contribution is 2.38. The van der Waals surface area contributed by atoms with Crippen molar-refractivity contribution in [3.63, 3.8) is 0 Å². The van der Waals surface area contributed by atoms with Gasteiger partial charge in [-0.2, -0.15) is 0 Å². The van der Waals surface area contributed by atoms with Crippen LogP contribution in [0.4, 0.5) is 0 Å². The van der Waals surface area contributed by atoms with Crippen LogP contribution < -0.4 is 0 Å². The Bertz CT molecular complexity index is 760. The smallest absolute Gasteiger partial charge is 0.319 e. The van der Waals surface area contributed by atoms with E-state index >= 15 is 0 Å². The summed E-state index contributed by atoms with van der Waals surface area (Å²) >= 11 is 0. The number of esters is 1. The molecule has 5 unspecified atom stereocenters. The number of ether oxygens (including phenoxy) is 4. The second-order valence-electron chi connectivity index (χ2n) is 12.1. The molecule has 2 aliphatic heterocycles. The van der Waals surface area contributed by atoms with Gasteiger partial charge < -0.3 is 33.9 Å². The van der Waals surface area contributed by atoms with Gasteiger partial charge in [-0.05, 0) is 74.5 Å². The van der Waals surface area contributed by atoms with Crippen molar-refractivity contribution in [1.29, 1.82) is 0 Å². The van der Waals surface area contributed by atoms with E-state index in [4.69, 9.17) is 18.9 Å². The number of likely N-dealkylation sites (N-methyl/N-ethyl adjacent to an activating group) is 2. The van der Waals surface area contributed by atoms with E-state index in [0.717, 1.165) is 6.54 Å². The molecule has 36 heavy (non-hydrogen) atoms. The average molecular weight is 515 g/mol. The zero-order valence-corrected chi connectivity index (χ0v) is 24.2. The SMILES string of the molecule is COC1(C)CC(C)CN(C)C(C)COC(=O)C(C)(C)C(=O)C(C)C1O[C@@H]1O[C@H](C)C[C@H](N(C)C)[C@H]1O. The van der Waals surface area contributed by atoms with Crippen LogP contribution in [0.25, 0.3) is 0 Å². The number of carbonyl (C=O) groups excluding carboxylic acids is 2. The first-order valence-electron chi connectivity index (χ1n) is 13.2. The van der Waals surface area contributed by atoms with E-state index in [0.29, 0.717) is 12.8 Å².